The molecular formula is C13H19N. The third-order valence-corrected chi connectivity index (χ3v) is 3.44. The van der Waals surface area contributed by atoms with Crippen molar-refractivity contribution >= 4 is 5.69 Å². The van der Waals surface area contributed by atoms with Crippen molar-refractivity contribution in [3.8, 4) is 0 Å². The van der Waals surface area contributed by atoms with Crippen LogP contribution in [-0.2, 0) is 6.42 Å². The first-order valence-corrected chi connectivity index (χ1v) is 5.42. The molecule has 0 bridgehead atoms. The third-order valence-electron chi connectivity index (χ3n) is 3.44. The molecule has 1 aliphatic rings. The van der Waals surface area contributed by atoms with Crippen LogP contribution in [0.5, 0.6) is 0 Å². The maximum atomic E-state index is 2.41. The van der Waals surface area contributed by atoms with Crippen LogP contribution in [0.1, 0.15) is 28.7 Å². The smallest absolute Gasteiger partial charge is 0.0431 e. The normalized spacial score (nSPS) is 15.6. The summed E-state index contributed by atoms with van der Waals surface area (Å²) in [6.07, 6.45) is 2.56. The van der Waals surface area contributed by atoms with Gasteiger partial charge in [0.1, 0.15) is 0 Å². The van der Waals surface area contributed by atoms with Crippen LogP contribution < -0.4 is 4.90 Å². The molecule has 0 aliphatic carbocycles. The molecule has 1 aromatic rings. The lowest BCUT2D eigenvalue weighted by atomic mass is 9.91. The van der Waals surface area contributed by atoms with E-state index in [9.17, 15) is 0 Å². The molecular weight excluding hydrogens is 170 g/mol. The second kappa shape index (κ2) is 3.30. The Morgan fingerprint density at radius 3 is 2.57 bits per heavy atom. The van der Waals surface area contributed by atoms with Crippen LogP contribution in [-0.4, -0.2) is 13.6 Å². The van der Waals surface area contributed by atoms with E-state index in [0.717, 1.165) is 0 Å². The Morgan fingerprint density at radius 2 is 1.86 bits per heavy atom. The van der Waals surface area contributed by atoms with Crippen molar-refractivity contribution in [2.75, 3.05) is 18.5 Å². The molecule has 1 nitrogen and oxygen atoms in total. The number of rotatable bonds is 0. The van der Waals surface area contributed by atoms with Crippen LogP contribution in [0.15, 0.2) is 6.07 Å². The maximum absolute atomic E-state index is 2.41. The van der Waals surface area contributed by atoms with E-state index in [4.69, 9.17) is 0 Å². The minimum absolute atomic E-state index is 1.21. The number of hydrogen-bond acceptors (Lipinski definition) is 1. The molecule has 2 rings (SSSR count). The van der Waals surface area contributed by atoms with E-state index >= 15 is 0 Å². The summed E-state index contributed by atoms with van der Waals surface area (Å²) < 4.78 is 0. The molecule has 0 amide bonds. The van der Waals surface area contributed by atoms with Crippen molar-refractivity contribution in [3.05, 3.63) is 28.3 Å². The highest BCUT2D eigenvalue weighted by Crippen LogP contribution is 2.33. The summed E-state index contributed by atoms with van der Waals surface area (Å²) in [5, 5.41) is 0. The predicted octanol–water partition coefficient (Wildman–Crippen LogP) is 2.99. The van der Waals surface area contributed by atoms with Gasteiger partial charge in [-0.2, -0.15) is 0 Å². The van der Waals surface area contributed by atoms with Gasteiger partial charge in [0, 0.05) is 19.3 Å². The summed E-state index contributed by atoms with van der Waals surface area (Å²) in [6.45, 7) is 7.90. The van der Waals surface area contributed by atoms with Crippen molar-refractivity contribution in [2.45, 2.75) is 33.6 Å². The van der Waals surface area contributed by atoms with Crippen molar-refractivity contribution in [1.29, 1.82) is 0 Å². The van der Waals surface area contributed by atoms with E-state index in [1.165, 1.54) is 41.8 Å². The highest BCUT2D eigenvalue weighted by Gasteiger charge is 2.18. The zero-order valence-corrected chi connectivity index (χ0v) is 9.65. The Kier molecular flexibility index (Phi) is 2.26. The molecule has 0 unspecified atom stereocenters. The molecule has 0 spiro atoms. The van der Waals surface area contributed by atoms with Crippen LogP contribution in [0, 0.1) is 20.8 Å². The van der Waals surface area contributed by atoms with Gasteiger partial charge in [0.05, 0.1) is 0 Å². The van der Waals surface area contributed by atoms with Gasteiger partial charge in [0.25, 0.3) is 0 Å². The topological polar surface area (TPSA) is 3.24 Å². The van der Waals surface area contributed by atoms with Gasteiger partial charge in [-0.3, -0.25) is 0 Å². The SMILES string of the molecule is Cc1cc(C)c2c(c1C)N(C)CCC2. The quantitative estimate of drug-likeness (QED) is 0.606. The predicted molar refractivity (Wildman–Crippen MR) is 62.2 cm³/mol. The minimum Gasteiger partial charge on any atom is -0.374 e. The molecule has 0 saturated heterocycles. The molecule has 1 aliphatic heterocycles. The molecule has 0 radical (unpaired) electrons. The molecule has 0 saturated carbocycles. The zero-order chi connectivity index (χ0) is 10.3. The summed E-state index contributed by atoms with van der Waals surface area (Å²) in [5.74, 6) is 0. The van der Waals surface area contributed by atoms with Gasteiger partial charge in [-0.1, -0.05) is 6.07 Å². The van der Waals surface area contributed by atoms with E-state index in [0.29, 0.717) is 0 Å². The maximum Gasteiger partial charge on any atom is 0.0431 e. The van der Waals surface area contributed by atoms with Crippen LogP contribution in [0.25, 0.3) is 0 Å². The van der Waals surface area contributed by atoms with E-state index in [1.54, 1.807) is 5.56 Å². The number of benzene rings is 1. The highest BCUT2D eigenvalue weighted by molar-refractivity contribution is 5.65. The van der Waals surface area contributed by atoms with Crippen molar-refractivity contribution < 1.29 is 0 Å². The van der Waals surface area contributed by atoms with Crippen molar-refractivity contribution in [3.63, 3.8) is 0 Å². The largest absolute Gasteiger partial charge is 0.374 e. The molecule has 0 N–H and O–H groups in total. The van der Waals surface area contributed by atoms with E-state index in [2.05, 4.69) is 38.8 Å². The number of fused-ring (bicyclic) bond motifs is 1. The summed E-state index contributed by atoms with van der Waals surface area (Å²) in [6, 6.07) is 2.33. The van der Waals surface area contributed by atoms with Gasteiger partial charge in [-0.15, -0.1) is 0 Å². The fourth-order valence-corrected chi connectivity index (χ4v) is 2.56. The first-order chi connectivity index (χ1) is 6.61. The average molecular weight is 189 g/mol. The van der Waals surface area contributed by atoms with Gasteiger partial charge in [0.15, 0.2) is 0 Å². The lowest BCUT2D eigenvalue weighted by Crippen LogP contribution is -2.26. The second-order valence-electron chi connectivity index (χ2n) is 4.49. The molecule has 76 valence electrons. The molecule has 0 fully saturated rings. The van der Waals surface area contributed by atoms with E-state index in [-0.39, 0.29) is 0 Å². The highest BCUT2D eigenvalue weighted by atomic mass is 15.1. The lowest BCUT2D eigenvalue weighted by molar-refractivity contribution is 0.736. The van der Waals surface area contributed by atoms with Crippen LogP contribution >= 0.6 is 0 Å². The monoisotopic (exact) mass is 189 g/mol. The average Bonchev–Trinajstić information content (AvgIpc) is 2.14. The second-order valence-corrected chi connectivity index (χ2v) is 4.49. The fraction of sp³-hybridized carbons (Fsp3) is 0.538. The van der Waals surface area contributed by atoms with Gasteiger partial charge < -0.3 is 4.90 Å². The van der Waals surface area contributed by atoms with Gasteiger partial charge >= 0.3 is 0 Å². The number of anilines is 1. The summed E-state index contributed by atoms with van der Waals surface area (Å²) >= 11 is 0. The molecule has 1 heterocycles. The summed E-state index contributed by atoms with van der Waals surface area (Å²) in [4.78, 5) is 2.41. The molecule has 14 heavy (non-hydrogen) atoms. The van der Waals surface area contributed by atoms with Crippen LogP contribution in [0.4, 0.5) is 5.69 Å². The lowest BCUT2D eigenvalue weighted by Gasteiger charge is -2.31. The molecule has 1 aromatic carbocycles. The first-order valence-electron chi connectivity index (χ1n) is 5.42. The Hall–Kier alpha value is -0.980. The first kappa shape index (κ1) is 9.57. The Balaban J connectivity index is 2.67. The number of hydrogen-bond donors (Lipinski definition) is 0. The summed E-state index contributed by atoms with van der Waals surface area (Å²) in [7, 11) is 2.21. The number of nitrogens with zero attached hydrogens (tertiary/aromatic N) is 1. The van der Waals surface area contributed by atoms with Gasteiger partial charge in [-0.05, 0) is 55.9 Å². The number of aryl methyl sites for hydroxylation is 2. The van der Waals surface area contributed by atoms with Crippen molar-refractivity contribution in [1.82, 2.24) is 0 Å². The minimum atomic E-state index is 1.21. The zero-order valence-electron chi connectivity index (χ0n) is 9.65. The van der Waals surface area contributed by atoms with Crippen molar-refractivity contribution in [2.24, 2.45) is 0 Å². The Morgan fingerprint density at radius 1 is 1.14 bits per heavy atom. The fourth-order valence-electron chi connectivity index (χ4n) is 2.56. The summed E-state index contributed by atoms with van der Waals surface area (Å²) in [5.41, 5.74) is 7.42. The van der Waals surface area contributed by atoms with E-state index < -0.39 is 0 Å². The molecule has 0 atom stereocenters. The molecule has 1 heteroatoms. The third kappa shape index (κ3) is 1.31. The van der Waals surface area contributed by atoms with Crippen LogP contribution in [0.3, 0.4) is 0 Å². The molecule has 0 aromatic heterocycles. The Labute approximate surface area is 86.7 Å². The van der Waals surface area contributed by atoms with Crippen LogP contribution in [0.2, 0.25) is 0 Å². The van der Waals surface area contributed by atoms with Gasteiger partial charge in [-0.25, -0.2) is 0 Å². The van der Waals surface area contributed by atoms with E-state index in [1.807, 2.05) is 0 Å². The standard InChI is InChI=1S/C13H19N/c1-9-8-10(2)12-6-5-7-14(4)13(12)11(9)3/h8H,5-7H2,1-4H3. The Bertz CT molecular complexity index is 366. The van der Waals surface area contributed by atoms with Gasteiger partial charge in [0.2, 0.25) is 0 Å².